The summed E-state index contributed by atoms with van der Waals surface area (Å²) >= 11 is 3.44. The molecule has 0 radical (unpaired) electrons. The standard InChI is InChI=1S/C12H14BrN3O2/c1-7-3-10(13)4-9(5-14)12(7)17-6-11-15-8(2)18-16-11/h3-4H,5-6,14H2,1-2H3. The highest BCUT2D eigenvalue weighted by Crippen LogP contribution is 2.28. The number of hydrogen-bond donors (Lipinski definition) is 1. The van der Waals surface area contributed by atoms with Crippen molar-refractivity contribution in [2.24, 2.45) is 5.73 Å². The molecule has 1 aromatic carbocycles. The number of nitrogens with two attached hydrogens (primary N) is 1. The van der Waals surface area contributed by atoms with Crippen molar-refractivity contribution in [2.75, 3.05) is 0 Å². The maximum Gasteiger partial charge on any atom is 0.223 e. The van der Waals surface area contributed by atoms with Gasteiger partial charge in [0.2, 0.25) is 11.7 Å². The van der Waals surface area contributed by atoms with Gasteiger partial charge in [-0.25, -0.2) is 0 Å². The number of benzene rings is 1. The molecule has 5 nitrogen and oxygen atoms in total. The zero-order valence-electron chi connectivity index (χ0n) is 10.2. The summed E-state index contributed by atoms with van der Waals surface area (Å²) in [4.78, 5) is 4.09. The summed E-state index contributed by atoms with van der Waals surface area (Å²) in [5, 5.41) is 3.78. The Morgan fingerprint density at radius 3 is 2.78 bits per heavy atom. The van der Waals surface area contributed by atoms with Crippen LogP contribution in [0.25, 0.3) is 0 Å². The van der Waals surface area contributed by atoms with Gasteiger partial charge in [-0.05, 0) is 24.6 Å². The van der Waals surface area contributed by atoms with E-state index >= 15 is 0 Å². The zero-order valence-corrected chi connectivity index (χ0v) is 11.8. The second-order valence-corrected chi connectivity index (χ2v) is 4.85. The Morgan fingerprint density at radius 2 is 2.17 bits per heavy atom. The molecule has 2 N–H and O–H groups in total. The lowest BCUT2D eigenvalue weighted by Crippen LogP contribution is -2.05. The fourth-order valence-electron chi connectivity index (χ4n) is 1.69. The van der Waals surface area contributed by atoms with E-state index in [0.29, 0.717) is 18.3 Å². The molecule has 0 atom stereocenters. The van der Waals surface area contributed by atoms with Crippen molar-refractivity contribution in [3.63, 3.8) is 0 Å². The summed E-state index contributed by atoms with van der Waals surface area (Å²) in [6.07, 6.45) is 0. The first kappa shape index (κ1) is 13.0. The van der Waals surface area contributed by atoms with Crippen molar-refractivity contribution in [1.29, 1.82) is 0 Å². The van der Waals surface area contributed by atoms with Gasteiger partial charge in [-0.1, -0.05) is 21.1 Å². The van der Waals surface area contributed by atoms with Crippen LogP contribution in [0.4, 0.5) is 0 Å². The SMILES string of the molecule is Cc1nc(COc2c(C)cc(Br)cc2CN)no1. The second kappa shape index (κ2) is 5.49. The molecule has 0 aliphatic carbocycles. The maximum absolute atomic E-state index is 5.73. The molecule has 0 bridgehead atoms. The van der Waals surface area contributed by atoms with E-state index in [1.54, 1.807) is 6.92 Å². The molecule has 96 valence electrons. The summed E-state index contributed by atoms with van der Waals surface area (Å²) in [5.74, 6) is 1.83. The average molecular weight is 312 g/mol. The van der Waals surface area contributed by atoms with Gasteiger partial charge in [0.1, 0.15) is 5.75 Å². The number of ether oxygens (including phenoxy) is 1. The van der Waals surface area contributed by atoms with Crippen LogP contribution in [-0.4, -0.2) is 10.1 Å². The van der Waals surface area contributed by atoms with Gasteiger partial charge in [-0.15, -0.1) is 0 Å². The Bertz CT molecular complexity index is 554. The van der Waals surface area contributed by atoms with E-state index in [-0.39, 0.29) is 6.61 Å². The van der Waals surface area contributed by atoms with Crippen molar-refractivity contribution >= 4 is 15.9 Å². The minimum absolute atomic E-state index is 0.271. The number of rotatable bonds is 4. The number of halogens is 1. The fourth-order valence-corrected chi connectivity index (χ4v) is 2.31. The number of hydrogen-bond acceptors (Lipinski definition) is 5. The number of nitrogens with zero attached hydrogens (tertiary/aromatic N) is 2. The first-order valence-corrected chi connectivity index (χ1v) is 6.30. The van der Waals surface area contributed by atoms with Gasteiger partial charge in [0.05, 0.1) is 0 Å². The van der Waals surface area contributed by atoms with E-state index in [1.807, 2.05) is 19.1 Å². The van der Waals surface area contributed by atoms with Crippen molar-refractivity contribution in [2.45, 2.75) is 27.0 Å². The van der Waals surface area contributed by atoms with Gasteiger partial charge in [0.25, 0.3) is 0 Å². The first-order chi connectivity index (χ1) is 8.60. The molecule has 2 aromatic rings. The summed E-state index contributed by atoms with van der Waals surface area (Å²) in [6, 6.07) is 3.93. The minimum atomic E-state index is 0.271. The molecule has 0 aliphatic rings. The molecule has 1 heterocycles. The molecule has 0 saturated carbocycles. The van der Waals surface area contributed by atoms with E-state index in [0.717, 1.165) is 21.3 Å². The molecule has 1 aromatic heterocycles. The van der Waals surface area contributed by atoms with E-state index in [2.05, 4.69) is 26.1 Å². The molecule has 0 saturated heterocycles. The van der Waals surface area contributed by atoms with Crippen LogP contribution in [0.3, 0.4) is 0 Å². The lowest BCUT2D eigenvalue weighted by Gasteiger charge is -2.12. The highest BCUT2D eigenvalue weighted by molar-refractivity contribution is 9.10. The quantitative estimate of drug-likeness (QED) is 0.939. The van der Waals surface area contributed by atoms with Crippen molar-refractivity contribution < 1.29 is 9.26 Å². The molecule has 0 amide bonds. The lowest BCUT2D eigenvalue weighted by molar-refractivity contribution is 0.281. The summed E-state index contributed by atoms with van der Waals surface area (Å²) < 4.78 is 11.6. The Labute approximate surface area is 113 Å². The molecule has 6 heteroatoms. The van der Waals surface area contributed by atoms with Crippen LogP contribution >= 0.6 is 15.9 Å². The van der Waals surface area contributed by atoms with E-state index < -0.39 is 0 Å². The third-order valence-corrected chi connectivity index (χ3v) is 2.91. The van der Waals surface area contributed by atoms with E-state index in [1.165, 1.54) is 0 Å². The number of aryl methyl sites for hydroxylation is 2. The number of aromatic nitrogens is 2. The summed E-state index contributed by atoms with van der Waals surface area (Å²) in [5.41, 5.74) is 7.68. The van der Waals surface area contributed by atoms with Crippen LogP contribution in [0.15, 0.2) is 21.1 Å². The van der Waals surface area contributed by atoms with Gasteiger partial charge >= 0.3 is 0 Å². The predicted molar refractivity (Wildman–Crippen MR) is 70.1 cm³/mol. The molecule has 2 rings (SSSR count). The monoisotopic (exact) mass is 311 g/mol. The first-order valence-electron chi connectivity index (χ1n) is 5.51. The lowest BCUT2D eigenvalue weighted by atomic mass is 10.1. The van der Waals surface area contributed by atoms with Crippen LogP contribution in [0.2, 0.25) is 0 Å². The Balaban J connectivity index is 2.18. The minimum Gasteiger partial charge on any atom is -0.485 e. The Hall–Kier alpha value is -1.40. The van der Waals surface area contributed by atoms with Gasteiger partial charge in [0, 0.05) is 23.5 Å². The third-order valence-electron chi connectivity index (χ3n) is 2.45. The average Bonchev–Trinajstić information content (AvgIpc) is 2.73. The molecular formula is C12H14BrN3O2. The van der Waals surface area contributed by atoms with Gasteiger partial charge in [-0.2, -0.15) is 4.98 Å². The maximum atomic E-state index is 5.73. The van der Waals surface area contributed by atoms with Crippen LogP contribution in [0.1, 0.15) is 22.8 Å². The normalized spacial score (nSPS) is 10.7. The molecular weight excluding hydrogens is 298 g/mol. The molecule has 18 heavy (non-hydrogen) atoms. The van der Waals surface area contributed by atoms with Gasteiger partial charge in [-0.3, -0.25) is 0 Å². The largest absolute Gasteiger partial charge is 0.485 e. The van der Waals surface area contributed by atoms with Crippen molar-refractivity contribution in [1.82, 2.24) is 10.1 Å². The van der Waals surface area contributed by atoms with Gasteiger partial charge in [0.15, 0.2) is 6.61 Å². The predicted octanol–water partition coefficient (Wildman–Crippen LogP) is 2.49. The Morgan fingerprint density at radius 1 is 1.39 bits per heavy atom. The second-order valence-electron chi connectivity index (χ2n) is 3.93. The van der Waals surface area contributed by atoms with Crippen molar-refractivity contribution in [3.05, 3.63) is 39.4 Å². The molecule has 0 unspecified atom stereocenters. The molecule has 0 fully saturated rings. The Kier molecular flexibility index (Phi) is 3.98. The topological polar surface area (TPSA) is 74.2 Å². The van der Waals surface area contributed by atoms with Gasteiger partial charge < -0.3 is 15.0 Å². The zero-order chi connectivity index (χ0) is 13.1. The smallest absolute Gasteiger partial charge is 0.223 e. The van der Waals surface area contributed by atoms with E-state index in [9.17, 15) is 0 Å². The molecule has 0 spiro atoms. The van der Waals surface area contributed by atoms with Crippen LogP contribution < -0.4 is 10.5 Å². The summed E-state index contributed by atoms with van der Waals surface area (Å²) in [6.45, 7) is 4.40. The van der Waals surface area contributed by atoms with Crippen molar-refractivity contribution in [3.8, 4) is 5.75 Å². The summed E-state index contributed by atoms with van der Waals surface area (Å²) in [7, 11) is 0. The highest BCUT2D eigenvalue weighted by atomic mass is 79.9. The van der Waals surface area contributed by atoms with Crippen LogP contribution in [-0.2, 0) is 13.2 Å². The van der Waals surface area contributed by atoms with Crippen LogP contribution in [0, 0.1) is 13.8 Å². The molecule has 0 aliphatic heterocycles. The third kappa shape index (κ3) is 2.88. The fraction of sp³-hybridized carbons (Fsp3) is 0.333. The van der Waals surface area contributed by atoms with E-state index in [4.69, 9.17) is 15.0 Å². The highest BCUT2D eigenvalue weighted by Gasteiger charge is 2.10. The van der Waals surface area contributed by atoms with Crippen LogP contribution in [0.5, 0.6) is 5.75 Å².